The highest BCUT2D eigenvalue weighted by molar-refractivity contribution is 7.52. The summed E-state index contributed by atoms with van der Waals surface area (Å²) in [6.07, 6.45) is 8.69. The summed E-state index contributed by atoms with van der Waals surface area (Å²) in [5.41, 5.74) is 4.57. The van der Waals surface area contributed by atoms with E-state index in [1.54, 1.807) is 0 Å². The lowest BCUT2D eigenvalue weighted by Gasteiger charge is -2.31. The van der Waals surface area contributed by atoms with Crippen molar-refractivity contribution in [1.29, 1.82) is 0 Å². The van der Waals surface area contributed by atoms with E-state index in [2.05, 4.69) is 4.08 Å². The summed E-state index contributed by atoms with van der Waals surface area (Å²) in [7, 11) is -3.64. The van der Waals surface area contributed by atoms with Crippen LogP contribution in [-0.4, -0.2) is 5.60 Å². The Balaban J connectivity index is 2.77. The SMILES string of the molecule is CC[C@@]1(OP(N)(=O)OCl)C=CC=CC1. The number of hydrogen-bond acceptors (Lipinski definition) is 3. The second-order valence-corrected chi connectivity index (χ2v) is 4.92. The van der Waals surface area contributed by atoms with Gasteiger partial charge in [-0.05, 0) is 12.8 Å². The number of halogens is 1. The highest BCUT2D eigenvalue weighted by Crippen LogP contribution is 2.47. The van der Waals surface area contributed by atoms with Crippen molar-refractivity contribution in [3.8, 4) is 0 Å². The molecule has 80 valence electrons. The summed E-state index contributed by atoms with van der Waals surface area (Å²) in [6, 6.07) is 0. The maximum atomic E-state index is 11.4. The molecule has 14 heavy (non-hydrogen) atoms. The average Bonchev–Trinajstić information content (AvgIpc) is 2.19. The first kappa shape index (κ1) is 12.0. The van der Waals surface area contributed by atoms with Gasteiger partial charge in [0.25, 0.3) is 0 Å². The molecule has 0 saturated heterocycles. The second kappa shape index (κ2) is 4.60. The predicted molar refractivity (Wildman–Crippen MR) is 55.7 cm³/mol. The molecule has 0 aromatic rings. The Labute approximate surface area is 88.5 Å². The van der Waals surface area contributed by atoms with E-state index in [0.29, 0.717) is 12.8 Å². The molecular formula is C8H13ClNO3P. The molecule has 0 amide bonds. The highest BCUT2D eigenvalue weighted by Gasteiger charge is 2.34. The minimum Gasteiger partial charge on any atom is -0.285 e. The Morgan fingerprint density at radius 2 is 2.36 bits per heavy atom. The van der Waals surface area contributed by atoms with Crippen molar-refractivity contribution >= 4 is 19.6 Å². The van der Waals surface area contributed by atoms with E-state index in [0.717, 1.165) is 0 Å². The second-order valence-electron chi connectivity index (χ2n) is 3.11. The molecule has 2 N–H and O–H groups in total. The van der Waals surface area contributed by atoms with E-state index in [1.807, 2.05) is 31.2 Å². The number of nitrogens with two attached hydrogens (primary N) is 1. The molecule has 0 bridgehead atoms. The van der Waals surface area contributed by atoms with Crippen LogP contribution in [0.2, 0.25) is 0 Å². The van der Waals surface area contributed by atoms with Gasteiger partial charge in [0.05, 0.1) is 11.9 Å². The summed E-state index contributed by atoms with van der Waals surface area (Å²) in [6.45, 7) is 1.91. The van der Waals surface area contributed by atoms with Crippen LogP contribution in [0.5, 0.6) is 0 Å². The van der Waals surface area contributed by atoms with Gasteiger partial charge in [0, 0.05) is 0 Å². The van der Waals surface area contributed by atoms with Crippen molar-refractivity contribution < 1.29 is 13.2 Å². The molecule has 2 atom stereocenters. The third-order valence-corrected chi connectivity index (χ3v) is 3.50. The first-order valence-electron chi connectivity index (χ1n) is 4.28. The van der Waals surface area contributed by atoms with Gasteiger partial charge in [0.2, 0.25) is 0 Å². The van der Waals surface area contributed by atoms with E-state index in [-0.39, 0.29) is 0 Å². The minimum atomic E-state index is -3.64. The number of allylic oxidation sites excluding steroid dienone is 2. The first-order valence-corrected chi connectivity index (χ1v) is 6.20. The molecule has 1 aliphatic rings. The van der Waals surface area contributed by atoms with E-state index in [4.69, 9.17) is 21.9 Å². The van der Waals surface area contributed by atoms with Crippen LogP contribution in [0.1, 0.15) is 19.8 Å². The van der Waals surface area contributed by atoms with Crippen molar-refractivity contribution in [2.45, 2.75) is 25.4 Å². The Bertz CT molecular complexity index is 305. The zero-order valence-corrected chi connectivity index (χ0v) is 9.50. The van der Waals surface area contributed by atoms with Gasteiger partial charge in [-0.3, -0.25) is 4.52 Å². The number of hydrogen-bond donors (Lipinski definition) is 1. The molecule has 1 rings (SSSR count). The van der Waals surface area contributed by atoms with Crippen LogP contribution in [0.25, 0.3) is 0 Å². The van der Waals surface area contributed by atoms with Crippen molar-refractivity contribution in [3.05, 3.63) is 24.3 Å². The molecule has 0 aliphatic heterocycles. The lowest BCUT2D eigenvalue weighted by atomic mass is 9.93. The Morgan fingerprint density at radius 1 is 1.64 bits per heavy atom. The van der Waals surface area contributed by atoms with Gasteiger partial charge in [0.1, 0.15) is 5.60 Å². The summed E-state index contributed by atoms with van der Waals surface area (Å²) in [4.78, 5) is 0. The zero-order chi connectivity index (χ0) is 10.7. The van der Waals surface area contributed by atoms with Gasteiger partial charge >= 0.3 is 7.75 Å². The predicted octanol–water partition coefficient (Wildman–Crippen LogP) is 2.91. The van der Waals surface area contributed by atoms with E-state index in [1.165, 1.54) is 0 Å². The molecule has 0 heterocycles. The van der Waals surface area contributed by atoms with Crippen LogP contribution in [-0.2, 0) is 13.2 Å². The van der Waals surface area contributed by atoms with E-state index >= 15 is 0 Å². The quantitative estimate of drug-likeness (QED) is 0.764. The van der Waals surface area contributed by atoms with Crippen LogP contribution >= 0.6 is 19.6 Å². The zero-order valence-electron chi connectivity index (χ0n) is 7.85. The summed E-state index contributed by atoms with van der Waals surface area (Å²) >= 11 is 4.98. The smallest absolute Gasteiger partial charge is 0.285 e. The summed E-state index contributed by atoms with van der Waals surface area (Å²) < 4.78 is 20.7. The van der Waals surface area contributed by atoms with Gasteiger partial charge in [-0.1, -0.05) is 31.2 Å². The Kier molecular flexibility index (Phi) is 3.93. The standard InChI is InChI=1S/C8H13ClNO3P/c1-2-8(6-4-3-5-7-8)12-14(10,11)13-9/h3-6H,2,7H2,1H3,(H2,10,11)/t8-,14?/m1/s1. The number of rotatable bonds is 4. The fourth-order valence-electron chi connectivity index (χ4n) is 1.31. The first-order chi connectivity index (χ1) is 6.54. The Hall–Kier alpha value is -0.120. The van der Waals surface area contributed by atoms with Crippen molar-refractivity contribution in [2.75, 3.05) is 0 Å². The third-order valence-electron chi connectivity index (χ3n) is 2.11. The van der Waals surface area contributed by atoms with E-state index < -0.39 is 13.3 Å². The molecule has 0 aromatic heterocycles. The molecule has 1 unspecified atom stereocenters. The van der Waals surface area contributed by atoms with Crippen LogP contribution < -0.4 is 5.50 Å². The molecular weight excluding hydrogens is 225 g/mol. The van der Waals surface area contributed by atoms with Gasteiger partial charge in [-0.25, -0.2) is 10.1 Å². The molecule has 0 saturated carbocycles. The molecule has 6 heteroatoms. The van der Waals surface area contributed by atoms with Crippen LogP contribution in [0.3, 0.4) is 0 Å². The topological polar surface area (TPSA) is 61.5 Å². The van der Waals surface area contributed by atoms with Crippen molar-refractivity contribution in [1.82, 2.24) is 0 Å². The molecule has 4 nitrogen and oxygen atoms in total. The minimum absolute atomic E-state index is 0.613. The fourth-order valence-corrected chi connectivity index (χ4v) is 2.19. The van der Waals surface area contributed by atoms with Gasteiger partial charge in [-0.15, -0.1) is 0 Å². The lowest BCUT2D eigenvalue weighted by Crippen LogP contribution is -2.30. The molecule has 1 aliphatic carbocycles. The normalized spacial score (nSPS) is 30.2. The fraction of sp³-hybridized carbons (Fsp3) is 0.500. The molecule has 0 aromatic carbocycles. The van der Waals surface area contributed by atoms with E-state index in [9.17, 15) is 4.57 Å². The average molecular weight is 238 g/mol. The lowest BCUT2D eigenvalue weighted by molar-refractivity contribution is 0.103. The Morgan fingerprint density at radius 3 is 2.79 bits per heavy atom. The third kappa shape index (κ3) is 2.94. The largest absolute Gasteiger partial charge is 0.420 e. The van der Waals surface area contributed by atoms with Gasteiger partial charge in [-0.2, -0.15) is 4.08 Å². The summed E-state index contributed by atoms with van der Waals surface area (Å²) in [5, 5.41) is 0. The van der Waals surface area contributed by atoms with Crippen molar-refractivity contribution in [2.24, 2.45) is 5.50 Å². The van der Waals surface area contributed by atoms with Crippen LogP contribution in [0.4, 0.5) is 0 Å². The maximum Gasteiger partial charge on any atom is 0.420 e. The molecule has 0 fully saturated rings. The molecule has 0 spiro atoms. The van der Waals surface area contributed by atoms with Crippen molar-refractivity contribution in [3.63, 3.8) is 0 Å². The van der Waals surface area contributed by atoms with Crippen LogP contribution in [0.15, 0.2) is 24.3 Å². The molecule has 0 radical (unpaired) electrons. The van der Waals surface area contributed by atoms with Gasteiger partial charge in [0.15, 0.2) is 0 Å². The van der Waals surface area contributed by atoms with Gasteiger partial charge < -0.3 is 0 Å². The maximum absolute atomic E-state index is 11.4. The highest BCUT2D eigenvalue weighted by atomic mass is 35.5. The monoisotopic (exact) mass is 237 g/mol. The van der Waals surface area contributed by atoms with Crippen LogP contribution in [0, 0.1) is 0 Å². The summed E-state index contributed by atoms with van der Waals surface area (Å²) in [5.74, 6) is 0.